The van der Waals surface area contributed by atoms with E-state index in [0.29, 0.717) is 0 Å². The molecule has 1 heterocycles. The molecule has 0 N–H and O–H groups in total. The van der Waals surface area contributed by atoms with E-state index in [-0.39, 0.29) is 0 Å². The summed E-state index contributed by atoms with van der Waals surface area (Å²) in [6, 6.07) is 0. The lowest BCUT2D eigenvalue weighted by atomic mass is 9.89. The summed E-state index contributed by atoms with van der Waals surface area (Å²) in [4.78, 5) is 72.4. The smallest absolute Gasteiger partial charge is 0.366 e. The lowest BCUT2D eigenvalue weighted by Gasteiger charge is -2.48. The van der Waals surface area contributed by atoms with Gasteiger partial charge in [-0.25, -0.2) is 4.79 Å². The van der Waals surface area contributed by atoms with Gasteiger partial charge in [0.15, 0.2) is 18.3 Å². The highest BCUT2D eigenvalue weighted by Crippen LogP contribution is 2.38. The van der Waals surface area contributed by atoms with Crippen LogP contribution < -0.4 is 0 Å². The number of hydrogen-bond donors (Lipinski definition) is 0. The summed E-state index contributed by atoms with van der Waals surface area (Å²) in [7, 11) is 1.07. The third-order valence-electron chi connectivity index (χ3n) is 4.79. The zero-order chi connectivity index (χ0) is 28.5. The van der Waals surface area contributed by atoms with E-state index < -0.39 is 91.3 Å². The van der Waals surface area contributed by atoms with Crippen LogP contribution in [0, 0.1) is 0 Å². The molecule has 0 radical (unpaired) electrons. The van der Waals surface area contributed by atoms with Crippen LogP contribution in [0.1, 0.15) is 54.9 Å². The van der Waals surface area contributed by atoms with Crippen LogP contribution in [0.5, 0.6) is 0 Å². The highest BCUT2D eigenvalue weighted by molar-refractivity contribution is 5.78. The topological polar surface area (TPSA) is 176 Å². The first kappa shape index (κ1) is 31.8. The molecule has 0 amide bonds. The van der Waals surface area contributed by atoms with Crippen LogP contribution in [0.15, 0.2) is 0 Å². The van der Waals surface area contributed by atoms with Gasteiger partial charge in [0.05, 0.1) is 19.6 Å². The molecule has 14 heteroatoms. The van der Waals surface area contributed by atoms with E-state index in [1.807, 2.05) is 0 Å². The van der Waals surface area contributed by atoms with E-state index in [9.17, 15) is 28.8 Å². The number of ether oxygens (including phenoxy) is 8. The summed E-state index contributed by atoms with van der Waals surface area (Å²) in [6.07, 6.45) is -8.77. The normalized spacial score (nSPS) is 24.7. The van der Waals surface area contributed by atoms with Gasteiger partial charge in [-0.15, -0.1) is 0 Å². The van der Waals surface area contributed by atoms with E-state index in [4.69, 9.17) is 37.9 Å². The molecule has 6 atom stereocenters. The lowest BCUT2D eigenvalue weighted by Crippen LogP contribution is -2.66. The molecule has 0 aliphatic carbocycles. The Morgan fingerprint density at radius 3 is 1.84 bits per heavy atom. The fraction of sp³-hybridized carbons (Fsp3) is 0.739. The van der Waals surface area contributed by atoms with Crippen molar-refractivity contribution in [2.75, 3.05) is 13.7 Å². The molecule has 0 aromatic heterocycles. The lowest BCUT2D eigenvalue weighted by molar-refractivity contribution is -0.337. The van der Waals surface area contributed by atoms with Crippen LogP contribution in [0.4, 0.5) is 0 Å². The van der Waals surface area contributed by atoms with Gasteiger partial charge in [0.25, 0.3) is 5.79 Å². The van der Waals surface area contributed by atoms with Crippen LogP contribution in [-0.4, -0.2) is 91.9 Å². The van der Waals surface area contributed by atoms with E-state index in [2.05, 4.69) is 0 Å². The Bertz CT molecular complexity index is 868. The fourth-order valence-corrected chi connectivity index (χ4v) is 3.78. The van der Waals surface area contributed by atoms with Crippen LogP contribution >= 0.6 is 0 Å². The molecule has 0 aromatic rings. The third kappa shape index (κ3) is 9.61. The van der Waals surface area contributed by atoms with Crippen molar-refractivity contribution in [3.63, 3.8) is 0 Å². The minimum absolute atomic E-state index is 0.471. The highest BCUT2D eigenvalue weighted by atomic mass is 16.8. The molecule has 0 aromatic carbocycles. The molecule has 0 unspecified atom stereocenters. The van der Waals surface area contributed by atoms with Gasteiger partial charge >= 0.3 is 35.8 Å². The predicted octanol–water partition coefficient (Wildman–Crippen LogP) is 0.360. The Labute approximate surface area is 214 Å². The Balaban J connectivity index is 3.81. The minimum Gasteiger partial charge on any atom is -0.465 e. The Kier molecular flexibility index (Phi) is 11.9. The predicted molar refractivity (Wildman–Crippen MR) is 119 cm³/mol. The van der Waals surface area contributed by atoms with Crippen molar-refractivity contribution in [2.24, 2.45) is 0 Å². The van der Waals surface area contributed by atoms with Crippen molar-refractivity contribution in [3.05, 3.63) is 0 Å². The average molecular weight is 535 g/mol. The molecule has 210 valence electrons. The molecule has 37 heavy (non-hydrogen) atoms. The van der Waals surface area contributed by atoms with Gasteiger partial charge in [-0.05, 0) is 13.8 Å². The number of hydrogen-bond acceptors (Lipinski definition) is 14. The van der Waals surface area contributed by atoms with E-state index in [0.717, 1.165) is 41.7 Å². The van der Waals surface area contributed by atoms with Gasteiger partial charge in [0, 0.05) is 34.6 Å². The summed E-state index contributed by atoms with van der Waals surface area (Å²) in [5.41, 5.74) is 0. The zero-order valence-electron chi connectivity index (χ0n) is 22.1. The summed E-state index contributed by atoms with van der Waals surface area (Å²) in [5, 5.41) is 0. The van der Waals surface area contributed by atoms with E-state index >= 15 is 0 Å². The second-order valence-corrected chi connectivity index (χ2v) is 8.44. The third-order valence-corrected chi connectivity index (χ3v) is 4.79. The molecule has 14 nitrogen and oxygen atoms in total. The summed E-state index contributed by atoms with van der Waals surface area (Å²) >= 11 is 0. The van der Waals surface area contributed by atoms with Gasteiger partial charge in [-0.3, -0.25) is 24.0 Å². The fourth-order valence-electron chi connectivity index (χ4n) is 3.78. The van der Waals surface area contributed by atoms with Gasteiger partial charge in [0.2, 0.25) is 0 Å². The standard InChI is InChI=1S/C23H34O14/c1-11(2)36-23(22(29)30-8)9-17(32-13(4)25)19(34-15(6)27)21(37-23)20(35-16(7)28)18(33-14(5)26)10-31-12(3)24/h11,17-21H,9-10H2,1-8H3/t17-,18+,19+,20-,21+,23-/m0/s1. The van der Waals surface area contributed by atoms with Crippen molar-refractivity contribution in [2.45, 2.75) is 97.3 Å². The second-order valence-electron chi connectivity index (χ2n) is 8.44. The summed E-state index contributed by atoms with van der Waals surface area (Å²) in [6.45, 7) is 7.92. The van der Waals surface area contributed by atoms with Crippen molar-refractivity contribution in [3.8, 4) is 0 Å². The maximum absolute atomic E-state index is 13.0. The summed E-state index contributed by atoms with van der Waals surface area (Å²) < 4.78 is 43.0. The molecular weight excluding hydrogens is 500 g/mol. The van der Waals surface area contributed by atoms with Gasteiger partial charge in [0.1, 0.15) is 18.8 Å². The molecule has 0 bridgehead atoms. The van der Waals surface area contributed by atoms with Gasteiger partial charge in [-0.2, -0.15) is 0 Å². The van der Waals surface area contributed by atoms with Crippen LogP contribution in [0.2, 0.25) is 0 Å². The van der Waals surface area contributed by atoms with E-state index in [1.165, 1.54) is 0 Å². The molecular formula is C23H34O14. The van der Waals surface area contributed by atoms with Crippen LogP contribution in [-0.2, 0) is 66.7 Å². The van der Waals surface area contributed by atoms with Crippen LogP contribution in [0.25, 0.3) is 0 Å². The molecule has 1 aliphatic heterocycles. The molecule has 1 rings (SSSR count). The zero-order valence-corrected chi connectivity index (χ0v) is 22.1. The highest BCUT2D eigenvalue weighted by Gasteiger charge is 2.60. The largest absolute Gasteiger partial charge is 0.465 e. The molecule has 1 aliphatic rings. The molecule has 1 saturated heterocycles. The Morgan fingerprint density at radius 1 is 0.838 bits per heavy atom. The van der Waals surface area contributed by atoms with Crippen molar-refractivity contribution in [1.29, 1.82) is 0 Å². The van der Waals surface area contributed by atoms with Gasteiger partial charge < -0.3 is 37.9 Å². The quantitative estimate of drug-likeness (QED) is 0.262. The maximum atomic E-state index is 13.0. The Morgan fingerprint density at radius 2 is 1.41 bits per heavy atom. The molecule has 0 saturated carbocycles. The monoisotopic (exact) mass is 534 g/mol. The Hall–Kier alpha value is -3.26. The van der Waals surface area contributed by atoms with Crippen molar-refractivity contribution in [1.82, 2.24) is 0 Å². The minimum atomic E-state index is -2.23. The first-order chi connectivity index (χ1) is 17.1. The first-order valence-electron chi connectivity index (χ1n) is 11.4. The average Bonchev–Trinajstić information content (AvgIpc) is 2.74. The van der Waals surface area contributed by atoms with E-state index in [1.54, 1.807) is 13.8 Å². The second kappa shape index (κ2) is 13.9. The molecule has 1 fully saturated rings. The van der Waals surface area contributed by atoms with Crippen molar-refractivity contribution < 1.29 is 66.7 Å². The SMILES string of the molecule is COC(=O)[C@]1(OC(C)C)C[C@H](OC(C)=O)[C@@H](OC(C)=O)[C@H]([C@@H](OC(C)=O)[C@@H](COC(C)=O)OC(C)=O)O1. The number of esters is 6. The number of carbonyl (C=O) groups excluding carboxylic acids is 6. The first-order valence-corrected chi connectivity index (χ1v) is 11.4. The number of methoxy groups -OCH3 is 1. The van der Waals surface area contributed by atoms with Crippen LogP contribution in [0.3, 0.4) is 0 Å². The molecule has 0 spiro atoms. The number of rotatable bonds is 11. The van der Waals surface area contributed by atoms with Crippen molar-refractivity contribution >= 4 is 35.8 Å². The maximum Gasteiger partial charge on any atom is 0.366 e. The summed E-state index contributed by atoms with van der Waals surface area (Å²) in [5.74, 6) is -7.38. The number of carbonyl (C=O) groups is 6. The van der Waals surface area contributed by atoms with Gasteiger partial charge in [-0.1, -0.05) is 0 Å².